The molecule has 1 heterocycles. The van der Waals surface area contributed by atoms with Gasteiger partial charge in [0, 0.05) is 12.0 Å². The Balaban J connectivity index is 2.15. The molecule has 0 unspecified atom stereocenters. The number of aromatic nitrogens is 2. The average molecular weight is 236 g/mol. The van der Waals surface area contributed by atoms with E-state index in [2.05, 4.69) is 10.1 Å². The fourth-order valence-corrected chi connectivity index (χ4v) is 1.32. The molecule has 0 spiro atoms. The van der Waals surface area contributed by atoms with Crippen molar-refractivity contribution in [1.29, 1.82) is 0 Å². The molecule has 1 aromatic heterocycles. The van der Waals surface area contributed by atoms with Gasteiger partial charge in [0.05, 0.1) is 6.42 Å². The van der Waals surface area contributed by atoms with Gasteiger partial charge in [-0.05, 0) is 12.1 Å². The van der Waals surface area contributed by atoms with Gasteiger partial charge in [-0.3, -0.25) is 4.79 Å². The maximum Gasteiger partial charge on any atom is 0.303 e. The van der Waals surface area contributed by atoms with Crippen molar-refractivity contribution in [2.24, 2.45) is 0 Å². The van der Waals surface area contributed by atoms with Crippen LogP contribution in [0, 0.1) is 5.82 Å². The van der Waals surface area contributed by atoms with E-state index in [-0.39, 0.29) is 30.4 Å². The van der Waals surface area contributed by atoms with Crippen molar-refractivity contribution < 1.29 is 18.8 Å². The van der Waals surface area contributed by atoms with Gasteiger partial charge < -0.3 is 9.63 Å². The van der Waals surface area contributed by atoms with Gasteiger partial charge in [-0.15, -0.1) is 0 Å². The van der Waals surface area contributed by atoms with E-state index in [1.165, 1.54) is 18.2 Å². The lowest BCUT2D eigenvalue weighted by Gasteiger charge is -1.92. The fourth-order valence-electron chi connectivity index (χ4n) is 1.32. The van der Waals surface area contributed by atoms with Gasteiger partial charge in [-0.25, -0.2) is 4.39 Å². The van der Waals surface area contributed by atoms with Gasteiger partial charge in [0.25, 0.3) is 0 Å². The number of carboxylic acid groups (broad SMARTS) is 1. The highest BCUT2D eigenvalue weighted by Crippen LogP contribution is 2.16. The van der Waals surface area contributed by atoms with E-state index < -0.39 is 5.97 Å². The highest BCUT2D eigenvalue weighted by atomic mass is 19.1. The van der Waals surface area contributed by atoms with Gasteiger partial charge in [0.2, 0.25) is 11.7 Å². The SMILES string of the molecule is O=C(O)CCc1nc(-c2cccc(F)c2)no1. The van der Waals surface area contributed by atoms with Crippen molar-refractivity contribution in [1.82, 2.24) is 10.1 Å². The third-order valence-corrected chi connectivity index (χ3v) is 2.10. The molecular formula is C11H9FN2O3. The zero-order valence-corrected chi connectivity index (χ0v) is 8.76. The molecule has 2 aromatic rings. The van der Waals surface area contributed by atoms with Crippen LogP contribution in [0.2, 0.25) is 0 Å². The predicted octanol–water partition coefficient (Wildman–Crippen LogP) is 1.89. The summed E-state index contributed by atoms with van der Waals surface area (Å²) >= 11 is 0. The molecule has 0 fully saturated rings. The molecule has 1 N–H and O–H groups in total. The van der Waals surface area contributed by atoms with Crippen molar-refractivity contribution in [2.75, 3.05) is 0 Å². The quantitative estimate of drug-likeness (QED) is 0.877. The van der Waals surface area contributed by atoms with Crippen LogP contribution in [0.4, 0.5) is 4.39 Å². The second-order valence-electron chi connectivity index (χ2n) is 3.42. The summed E-state index contributed by atoms with van der Waals surface area (Å²) < 4.78 is 17.8. The highest BCUT2D eigenvalue weighted by Gasteiger charge is 2.10. The second-order valence-corrected chi connectivity index (χ2v) is 3.42. The number of aryl methyl sites for hydroxylation is 1. The van der Waals surface area contributed by atoms with E-state index in [4.69, 9.17) is 9.63 Å². The van der Waals surface area contributed by atoms with Crippen LogP contribution in [0.5, 0.6) is 0 Å². The van der Waals surface area contributed by atoms with E-state index in [9.17, 15) is 9.18 Å². The minimum Gasteiger partial charge on any atom is -0.481 e. The summed E-state index contributed by atoms with van der Waals surface area (Å²) in [6, 6.07) is 5.79. The molecule has 0 bridgehead atoms. The Morgan fingerprint density at radius 1 is 1.47 bits per heavy atom. The molecule has 17 heavy (non-hydrogen) atoms. The molecular weight excluding hydrogens is 227 g/mol. The number of rotatable bonds is 4. The number of carboxylic acids is 1. The molecule has 0 saturated carbocycles. The Labute approximate surface area is 95.9 Å². The van der Waals surface area contributed by atoms with Crippen molar-refractivity contribution in [3.05, 3.63) is 36.0 Å². The smallest absolute Gasteiger partial charge is 0.303 e. The van der Waals surface area contributed by atoms with Crippen LogP contribution < -0.4 is 0 Å². The lowest BCUT2D eigenvalue weighted by Crippen LogP contribution is -1.97. The van der Waals surface area contributed by atoms with Crippen LogP contribution in [0.25, 0.3) is 11.4 Å². The van der Waals surface area contributed by atoms with Crippen LogP contribution in [0.3, 0.4) is 0 Å². The largest absolute Gasteiger partial charge is 0.481 e. The Bertz CT molecular complexity index is 539. The number of benzene rings is 1. The first-order valence-corrected chi connectivity index (χ1v) is 4.95. The summed E-state index contributed by atoms with van der Waals surface area (Å²) in [5, 5.41) is 12.2. The number of nitrogens with zero attached hydrogens (tertiary/aromatic N) is 2. The van der Waals surface area contributed by atoms with E-state index in [0.717, 1.165) is 0 Å². The monoisotopic (exact) mass is 236 g/mol. The summed E-state index contributed by atoms with van der Waals surface area (Å²) in [6.07, 6.45) is 0.0857. The summed E-state index contributed by atoms with van der Waals surface area (Å²) in [7, 11) is 0. The summed E-state index contributed by atoms with van der Waals surface area (Å²) in [6.45, 7) is 0. The first kappa shape index (κ1) is 11.3. The zero-order chi connectivity index (χ0) is 12.3. The van der Waals surface area contributed by atoms with Crippen molar-refractivity contribution in [3.8, 4) is 11.4 Å². The van der Waals surface area contributed by atoms with Crippen LogP contribution in [-0.4, -0.2) is 21.2 Å². The maximum absolute atomic E-state index is 12.9. The maximum atomic E-state index is 12.9. The van der Waals surface area contributed by atoms with Gasteiger partial charge in [-0.2, -0.15) is 4.98 Å². The Hall–Kier alpha value is -2.24. The molecule has 0 atom stereocenters. The zero-order valence-electron chi connectivity index (χ0n) is 8.76. The van der Waals surface area contributed by atoms with Crippen molar-refractivity contribution >= 4 is 5.97 Å². The van der Waals surface area contributed by atoms with E-state index in [1.807, 2.05) is 0 Å². The highest BCUT2D eigenvalue weighted by molar-refractivity contribution is 5.66. The summed E-state index contributed by atoms with van der Waals surface area (Å²) in [5.41, 5.74) is 0.496. The number of carbonyl (C=O) groups is 1. The molecule has 0 radical (unpaired) electrons. The molecule has 0 aliphatic rings. The molecule has 0 aliphatic carbocycles. The van der Waals surface area contributed by atoms with Crippen molar-refractivity contribution in [3.63, 3.8) is 0 Å². The molecule has 1 aromatic carbocycles. The molecule has 5 nitrogen and oxygen atoms in total. The predicted molar refractivity (Wildman–Crippen MR) is 55.6 cm³/mol. The van der Waals surface area contributed by atoms with E-state index in [1.54, 1.807) is 6.07 Å². The van der Waals surface area contributed by atoms with Crippen LogP contribution in [0.1, 0.15) is 12.3 Å². The number of hydrogen-bond acceptors (Lipinski definition) is 4. The van der Waals surface area contributed by atoms with Crippen molar-refractivity contribution in [2.45, 2.75) is 12.8 Å². The van der Waals surface area contributed by atoms with Crippen LogP contribution in [0.15, 0.2) is 28.8 Å². The molecule has 0 saturated heterocycles. The van der Waals surface area contributed by atoms with Crippen LogP contribution >= 0.6 is 0 Å². The standard InChI is InChI=1S/C11H9FN2O3/c12-8-3-1-2-7(6-8)11-13-9(17-14-11)4-5-10(15)16/h1-3,6H,4-5H2,(H,15,16). The lowest BCUT2D eigenvalue weighted by molar-refractivity contribution is -0.137. The Morgan fingerprint density at radius 2 is 2.29 bits per heavy atom. The topological polar surface area (TPSA) is 76.2 Å². The van der Waals surface area contributed by atoms with Gasteiger partial charge in [0.1, 0.15) is 5.82 Å². The number of hydrogen-bond donors (Lipinski definition) is 1. The minimum atomic E-state index is -0.935. The number of aliphatic carboxylic acids is 1. The third kappa shape index (κ3) is 2.87. The number of halogens is 1. The molecule has 0 aliphatic heterocycles. The first-order chi connectivity index (χ1) is 8.15. The van der Waals surface area contributed by atoms with Gasteiger partial charge >= 0.3 is 5.97 Å². The molecule has 0 amide bonds. The third-order valence-electron chi connectivity index (χ3n) is 2.10. The molecule has 88 valence electrons. The minimum absolute atomic E-state index is 0.0786. The molecule has 2 rings (SSSR count). The first-order valence-electron chi connectivity index (χ1n) is 4.95. The molecule has 6 heteroatoms. The summed E-state index contributed by atoms with van der Waals surface area (Å²) in [4.78, 5) is 14.3. The fraction of sp³-hybridized carbons (Fsp3) is 0.182. The average Bonchev–Trinajstić information content (AvgIpc) is 2.75. The van der Waals surface area contributed by atoms with Gasteiger partial charge in [0.15, 0.2) is 0 Å². The normalized spacial score (nSPS) is 10.4. The Morgan fingerprint density at radius 3 is 3.00 bits per heavy atom. The Kier molecular flexibility index (Phi) is 3.13. The van der Waals surface area contributed by atoms with E-state index >= 15 is 0 Å². The van der Waals surface area contributed by atoms with E-state index in [0.29, 0.717) is 5.56 Å². The van der Waals surface area contributed by atoms with Gasteiger partial charge in [-0.1, -0.05) is 17.3 Å². The summed E-state index contributed by atoms with van der Waals surface area (Å²) in [5.74, 6) is -0.841. The van der Waals surface area contributed by atoms with Crippen LogP contribution in [-0.2, 0) is 11.2 Å². The lowest BCUT2D eigenvalue weighted by atomic mass is 10.2. The second kappa shape index (κ2) is 4.73.